The molecule has 0 saturated carbocycles. The zero-order valence-electron chi connectivity index (χ0n) is 9.73. The van der Waals surface area contributed by atoms with Crippen LogP contribution in [-0.4, -0.2) is 33.1 Å². The maximum absolute atomic E-state index is 12.0. The number of aliphatic hydroxyl groups is 1. The van der Waals surface area contributed by atoms with E-state index in [1.807, 2.05) is 6.92 Å². The highest BCUT2D eigenvalue weighted by Gasteiger charge is 2.37. The molecule has 1 fully saturated rings. The summed E-state index contributed by atoms with van der Waals surface area (Å²) in [7, 11) is 0. The number of thiazole rings is 1. The highest BCUT2D eigenvalue weighted by molar-refractivity contribution is 7.99. The number of aromatic nitrogens is 1. The second kappa shape index (κ2) is 5.37. The van der Waals surface area contributed by atoms with Crippen molar-refractivity contribution in [3.8, 4) is 0 Å². The lowest BCUT2D eigenvalue weighted by molar-refractivity contribution is -0.134. The number of carbonyl (C=O) groups is 1. The van der Waals surface area contributed by atoms with Gasteiger partial charge >= 0.3 is 0 Å². The standard InChI is InChI=1S/C11H16N2O2S2/c1-2-8-7-12-10(17-8)13-9(14)11(15)3-5-16-6-4-11/h7,15H,2-6H2,1H3,(H,12,13,14). The largest absolute Gasteiger partial charge is 0.380 e. The van der Waals surface area contributed by atoms with E-state index < -0.39 is 5.60 Å². The average molecular weight is 272 g/mol. The second-order valence-electron chi connectivity index (χ2n) is 4.08. The quantitative estimate of drug-likeness (QED) is 0.882. The monoisotopic (exact) mass is 272 g/mol. The van der Waals surface area contributed by atoms with E-state index in [-0.39, 0.29) is 5.91 Å². The molecule has 0 unspecified atom stereocenters. The molecule has 1 aliphatic heterocycles. The van der Waals surface area contributed by atoms with Gasteiger partial charge in [0.05, 0.1) is 0 Å². The van der Waals surface area contributed by atoms with Crippen LogP contribution in [0.3, 0.4) is 0 Å². The van der Waals surface area contributed by atoms with Crippen molar-refractivity contribution in [1.82, 2.24) is 4.98 Å². The zero-order chi connectivity index (χ0) is 12.3. The van der Waals surface area contributed by atoms with Crippen LogP contribution in [0.4, 0.5) is 5.13 Å². The fourth-order valence-electron chi connectivity index (χ4n) is 1.68. The van der Waals surface area contributed by atoms with Gasteiger partial charge in [-0.1, -0.05) is 6.92 Å². The summed E-state index contributed by atoms with van der Waals surface area (Å²) in [5, 5.41) is 13.5. The second-order valence-corrected chi connectivity index (χ2v) is 6.42. The van der Waals surface area contributed by atoms with E-state index in [1.54, 1.807) is 18.0 Å². The Kier molecular flexibility index (Phi) is 4.06. The number of nitrogens with zero attached hydrogens (tertiary/aromatic N) is 1. The Morgan fingerprint density at radius 1 is 1.59 bits per heavy atom. The predicted molar refractivity (Wildman–Crippen MR) is 71.6 cm³/mol. The molecule has 0 atom stereocenters. The summed E-state index contributed by atoms with van der Waals surface area (Å²) in [6.45, 7) is 2.05. The summed E-state index contributed by atoms with van der Waals surface area (Å²) in [6.07, 6.45) is 3.72. The van der Waals surface area contributed by atoms with Crippen LogP contribution >= 0.6 is 23.1 Å². The molecule has 1 aromatic rings. The van der Waals surface area contributed by atoms with Gasteiger partial charge in [0.1, 0.15) is 5.60 Å². The Bertz CT molecular complexity index is 400. The molecule has 1 saturated heterocycles. The zero-order valence-corrected chi connectivity index (χ0v) is 11.4. The van der Waals surface area contributed by atoms with Crippen LogP contribution in [0.15, 0.2) is 6.20 Å². The third-order valence-corrected chi connectivity index (χ3v) is 4.91. The number of aryl methyl sites for hydroxylation is 1. The molecule has 2 heterocycles. The maximum Gasteiger partial charge on any atom is 0.258 e. The Balaban J connectivity index is 2.00. The van der Waals surface area contributed by atoms with Gasteiger partial charge in [-0.2, -0.15) is 11.8 Å². The number of hydrogen-bond acceptors (Lipinski definition) is 5. The predicted octanol–water partition coefficient (Wildman–Crippen LogP) is 1.90. The number of hydrogen-bond donors (Lipinski definition) is 2. The molecule has 2 rings (SSSR count). The van der Waals surface area contributed by atoms with Crippen molar-refractivity contribution < 1.29 is 9.90 Å². The van der Waals surface area contributed by atoms with Gasteiger partial charge in [-0.05, 0) is 30.8 Å². The molecule has 0 aliphatic carbocycles. The van der Waals surface area contributed by atoms with E-state index >= 15 is 0 Å². The smallest absolute Gasteiger partial charge is 0.258 e. The van der Waals surface area contributed by atoms with Crippen molar-refractivity contribution in [3.63, 3.8) is 0 Å². The van der Waals surface area contributed by atoms with Crippen LogP contribution in [0.5, 0.6) is 0 Å². The van der Waals surface area contributed by atoms with Crippen LogP contribution in [0.2, 0.25) is 0 Å². The molecule has 0 bridgehead atoms. The fraction of sp³-hybridized carbons (Fsp3) is 0.636. The van der Waals surface area contributed by atoms with Gasteiger partial charge in [-0.25, -0.2) is 4.98 Å². The molecule has 2 N–H and O–H groups in total. The first-order valence-corrected chi connectivity index (χ1v) is 7.67. The third-order valence-electron chi connectivity index (χ3n) is 2.87. The summed E-state index contributed by atoms with van der Waals surface area (Å²) in [6, 6.07) is 0. The first kappa shape index (κ1) is 12.9. The van der Waals surface area contributed by atoms with Crippen LogP contribution in [0.1, 0.15) is 24.6 Å². The molecule has 6 heteroatoms. The van der Waals surface area contributed by atoms with E-state index in [1.165, 1.54) is 11.3 Å². The van der Waals surface area contributed by atoms with Crippen molar-refractivity contribution in [1.29, 1.82) is 0 Å². The van der Waals surface area contributed by atoms with Gasteiger partial charge in [-0.3, -0.25) is 10.1 Å². The Labute approximate surface area is 109 Å². The van der Waals surface area contributed by atoms with Gasteiger partial charge in [0, 0.05) is 11.1 Å². The van der Waals surface area contributed by atoms with E-state index in [2.05, 4.69) is 10.3 Å². The summed E-state index contributed by atoms with van der Waals surface area (Å²) in [4.78, 5) is 17.2. The minimum atomic E-state index is -1.21. The topological polar surface area (TPSA) is 62.2 Å². The minimum Gasteiger partial charge on any atom is -0.380 e. The number of thioether (sulfide) groups is 1. The van der Waals surface area contributed by atoms with Crippen LogP contribution in [0.25, 0.3) is 0 Å². The van der Waals surface area contributed by atoms with E-state index in [9.17, 15) is 9.90 Å². The highest BCUT2D eigenvalue weighted by atomic mass is 32.2. The number of nitrogens with one attached hydrogen (secondary N) is 1. The first-order valence-electron chi connectivity index (χ1n) is 5.70. The molecule has 0 aromatic carbocycles. The summed E-state index contributed by atoms with van der Waals surface area (Å²) in [5.41, 5.74) is -1.21. The summed E-state index contributed by atoms with van der Waals surface area (Å²) < 4.78 is 0. The Morgan fingerprint density at radius 3 is 2.88 bits per heavy atom. The highest BCUT2D eigenvalue weighted by Crippen LogP contribution is 2.29. The van der Waals surface area contributed by atoms with Crippen LogP contribution in [-0.2, 0) is 11.2 Å². The molecular formula is C11H16N2O2S2. The molecule has 4 nitrogen and oxygen atoms in total. The Hall–Kier alpha value is -0.590. The van der Waals surface area contributed by atoms with Gasteiger partial charge in [0.2, 0.25) is 0 Å². The van der Waals surface area contributed by atoms with Crippen molar-refractivity contribution in [2.75, 3.05) is 16.8 Å². The fourth-order valence-corrected chi connectivity index (χ4v) is 3.59. The molecule has 1 aliphatic rings. The van der Waals surface area contributed by atoms with Crippen LogP contribution in [0, 0.1) is 0 Å². The molecular weight excluding hydrogens is 256 g/mol. The van der Waals surface area contributed by atoms with Gasteiger partial charge in [0.15, 0.2) is 5.13 Å². The SMILES string of the molecule is CCc1cnc(NC(=O)C2(O)CCSCC2)s1. The van der Waals surface area contributed by atoms with E-state index in [0.717, 1.165) is 22.8 Å². The number of carbonyl (C=O) groups excluding carboxylic acids is 1. The lowest BCUT2D eigenvalue weighted by Gasteiger charge is -2.29. The summed E-state index contributed by atoms with van der Waals surface area (Å²) >= 11 is 3.24. The molecule has 0 spiro atoms. The number of rotatable bonds is 3. The maximum atomic E-state index is 12.0. The van der Waals surface area contributed by atoms with Crippen molar-refractivity contribution in [3.05, 3.63) is 11.1 Å². The van der Waals surface area contributed by atoms with Gasteiger partial charge in [0.25, 0.3) is 5.91 Å². The van der Waals surface area contributed by atoms with Crippen molar-refractivity contribution >= 4 is 34.1 Å². The molecule has 0 radical (unpaired) electrons. The molecule has 17 heavy (non-hydrogen) atoms. The van der Waals surface area contributed by atoms with Gasteiger partial charge < -0.3 is 5.11 Å². The molecule has 1 aromatic heterocycles. The van der Waals surface area contributed by atoms with Crippen LogP contribution < -0.4 is 5.32 Å². The molecule has 94 valence electrons. The molecule has 1 amide bonds. The minimum absolute atomic E-state index is 0.310. The Morgan fingerprint density at radius 2 is 2.29 bits per heavy atom. The van der Waals surface area contributed by atoms with E-state index in [0.29, 0.717) is 18.0 Å². The average Bonchev–Trinajstić information content (AvgIpc) is 2.78. The number of amides is 1. The third kappa shape index (κ3) is 3.00. The lowest BCUT2D eigenvalue weighted by Crippen LogP contribution is -2.45. The number of anilines is 1. The van der Waals surface area contributed by atoms with E-state index in [4.69, 9.17) is 0 Å². The normalized spacial score (nSPS) is 18.9. The first-order chi connectivity index (χ1) is 8.14. The van der Waals surface area contributed by atoms with Gasteiger partial charge in [-0.15, -0.1) is 11.3 Å². The lowest BCUT2D eigenvalue weighted by atomic mass is 9.96. The summed E-state index contributed by atoms with van der Waals surface area (Å²) in [5.74, 6) is 1.36. The van der Waals surface area contributed by atoms with Crippen molar-refractivity contribution in [2.24, 2.45) is 0 Å². The van der Waals surface area contributed by atoms with Crippen molar-refractivity contribution in [2.45, 2.75) is 31.8 Å².